The first-order valence-corrected chi connectivity index (χ1v) is 5.54. The molecule has 93 valence electrons. The van der Waals surface area contributed by atoms with E-state index in [0.29, 0.717) is 6.42 Å². The van der Waals surface area contributed by atoms with Crippen molar-refractivity contribution in [2.75, 3.05) is 0 Å². The summed E-state index contributed by atoms with van der Waals surface area (Å²) in [6.07, 6.45) is 5.01. The van der Waals surface area contributed by atoms with Crippen LogP contribution in [-0.2, 0) is 11.2 Å². The molecule has 2 rings (SSSR count). The number of hydrogen-bond acceptors (Lipinski definition) is 3. The van der Waals surface area contributed by atoms with Crippen LogP contribution in [0.25, 0.3) is 0 Å². The number of aromatic nitrogens is 2. The van der Waals surface area contributed by atoms with Gasteiger partial charge in [0.05, 0.1) is 6.33 Å². The van der Waals surface area contributed by atoms with Gasteiger partial charge in [0, 0.05) is 54.1 Å². The largest absolute Gasteiger partial charge is 0.480 e. The van der Waals surface area contributed by atoms with Crippen LogP contribution in [-0.4, -0.2) is 62.9 Å². The van der Waals surface area contributed by atoms with E-state index in [1.165, 1.54) is 6.33 Å². The summed E-state index contributed by atoms with van der Waals surface area (Å²) < 4.78 is 0. The molecule has 0 saturated heterocycles. The predicted octanol–water partition coefficient (Wildman–Crippen LogP) is 1.14. The number of nitrogens with zero attached hydrogens (tertiary/aromatic N) is 2. The van der Waals surface area contributed by atoms with Crippen molar-refractivity contribution in [3.05, 3.63) is 54.1 Å². The number of benzene rings is 1. The van der Waals surface area contributed by atoms with Gasteiger partial charge in [-0.2, -0.15) is 0 Å². The van der Waals surface area contributed by atoms with Crippen molar-refractivity contribution in [2.24, 2.45) is 4.99 Å². The Morgan fingerprint density at radius 1 is 1.42 bits per heavy atom. The molecule has 19 heavy (non-hydrogen) atoms. The molecular formula is C13H13N3NaO2. The Kier molecular flexibility index (Phi) is 6.49. The number of H-pyrrole nitrogens is 1. The molecule has 0 spiro atoms. The van der Waals surface area contributed by atoms with Crippen LogP contribution in [0, 0.1) is 0 Å². The Morgan fingerprint density at radius 2 is 2.16 bits per heavy atom. The van der Waals surface area contributed by atoms with Crippen LogP contribution in [0.1, 0.15) is 11.3 Å². The maximum absolute atomic E-state index is 11.1. The summed E-state index contributed by atoms with van der Waals surface area (Å²) in [7, 11) is 0. The molecule has 0 aliphatic heterocycles. The molecule has 1 aromatic heterocycles. The predicted molar refractivity (Wildman–Crippen MR) is 73.5 cm³/mol. The number of carboxylic acid groups (broad SMARTS) is 1. The molecular weight excluding hydrogens is 253 g/mol. The van der Waals surface area contributed by atoms with Gasteiger partial charge in [0.2, 0.25) is 0 Å². The van der Waals surface area contributed by atoms with E-state index in [2.05, 4.69) is 15.0 Å². The topological polar surface area (TPSA) is 78.3 Å². The normalized spacial score (nSPS) is 12.0. The van der Waals surface area contributed by atoms with Crippen LogP contribution in [0.5, 0.6) is 0 Å². The molecule has 1 atom stereocenters. The average Bonchev–Trinajstić information content (AvgIpc) is 2.88. The Labute approximate surface area is 133 Å². The fourth-order valence-corrected chi connectivity index (χ4v) is 1.52. The first-order valence-electron chi connectivity index (χ1n) is 5.54. The molecule has 2 N–H and O–H groups in total. The van der Waals surface area contributed by atoms with Crippen LogP contribution in [0.15, 0.2) is 47.8 Å². The summed E-state index contributed by atoms with van der Waals surface area (Å²) in [5.74, 6) is -0.947. The third-order valence-electron chi connectivity index (χ3n) is 2.46. The Morgan fingerprint density at radius 3 is 2.74 bits per heavy atom. The Bertz CT molecular complexity index is 526. The zero-order valence-electron chi connectivity index (χ0n) is 10.7. The molecule has 0 fully saturated rings. The summed E-state index contributed by atoms with van der Waals surface area (Å²) in [5.41, 5.74) is 1.64. The van der Waals surface area contributed by atoms with Gasteiger partial charge in [-0.05, 0) is 5.56 Å². The molecule has 2 aromatic rings. The van der Waals surface area contributed by atoms with Gasteiger partial charge in [-0.1, -0.05) is 30.3 Å². The molecule has 0 amide bonds. The van der Waals surface area contributed by atoms with E-state index in [-0.39, 0.29) is 29.6 Å². The number of aliphatic imine (C=N–C) groups is 1. The number of carbonyl (C=O) groups is 1. The van der Waals surface area contributed by atoms with Gasteiger partial charge in [-0.25, -0.2) is 9.78 Å². The number of nitrogens with one attached hydrogen (secondary N) is 1. The maximum atomic E-state index is 11.1. The zero-order valence-corrected chi connectivity index (χ0v) is 12.7. The van der Waals surface area contributed by atoms with Crippen molar-refractivity contribution >= 4 is 41.7 Å². The smallest absolute Gasteiger partial charge is 0.328 e. The fraction of sp³-hybridized carbons (Fsp3) is 0.154. The standard InChI is InChI=1S/C13H13N3O2.Na/c17-13(18)12(6-11-8-14-9-16-11)15-7-10-4-2-1-3-5-10;/h1-5,7-9,12H,6H2,(H,14,16)(H,17,18);. The molecule has 0 saturated carbocycles. The van der Waals surface area contributed by atoms with Gasteiger partial charge in [-0.15, -0.1) is 0 Å². The van der Waals surface area contributed by atoms with Gasteiger partial charge in [-0.3, -0.25) is 4.99 Å². The van der Waals surface area contributed by atoms with E-state index >= 15 is 0 Å². The van der Waals surface area contributed by atoms with Crippen LogP contribution >= 0.6 is 0 Å². The molecule has 1 heterocycles. The number of imidazole rings is 1. The van der Waals surface area contributed by atoms with Crippen molar-refractivity contribution in [3.63, 3.8) is 0 Å². The average molecular weight is 266 g/mol. The third kappa shape index (κ3) is 4.98. The zero-order chi connectivity index (χ0) is 12.8. The van der Waals surface area contributed by atoms with E-state index < -0.39 is 12.0 Å². The molecule has 0 aliphatic carbocycles. The van der Waals surface area contributed by atoms with Crippen molar-refractivity contribution in [3.8, 4) is 0 Å². The number of carboxylic acids is 1. The first-order chi connectivity index (χ1) is 8.75. The summed E-state index contributed by atoms with van der Waals surface area (Å²) >= 11 is 0. The molecule has 6 heteroatoms. The van der Waals surface area contributed by atoms with Gasteiger partial charge >= 0.3 is 5.97 Å². The van der Waals surface area contributed by atoms with Crippen molar-refractivity contribution in [2.45, 2.75) is 12.5 Å². The first kappa shape index (κ1) is 15.6. The molecule has 0 bridgehead atoms. The van der Waals surface area contributed by atoms with Crippen molar-refractivity contribution in [1.82, 2.24) is 9.97 Å². The van der Waals surface area contributed by atoms with Gasteiger partial charge in [0.1, 0.15) is 0 Å². The molecule has 1 unspecified atom stereocenters. The minimum absolute atomic E-state index is 0. The number of rotatable bonds is 5. The fourth-order valence-electron chi connectivity index (χ4n) is 1.52. The van der Waals surface area contributed by atoms with Gasteiger partial charge < -0.3 is 10.1 Å². The van der Waals surface area contributed by atoms with E-state index in [0.717, 1.165) is 11.3 Å². The maximum Gasteiger partial charge on any atom is 0.328 e. The van der Waals surface area contributed by atoms with Crippen LogP contribution in [0.3, 0.4) is 0 Å². The summed E-state index contributed by atoms with van der Waals surface area (Å²) in [6.45, 7) is 0. The third-order valence-corrected chi connectivity index (χ3v) is 2.46. The number of aromatic amines is 1. The van der Waals surface area contributed by atoms with Gasteiger partial charge in [0.25, 0.3) is 0 Å². The molecule has 1 radical (unpaired) electrons. The Hall–Kier alpha value is -1.43. The van der Waals surface area contributed by atoms with E-state index in [1.807, 2.05) is 30.3 Å². The summed E-state index contributed by atoms with van der Waals surface area (Å²) in [5, 5.41) is 9.10. The number of aliphatic carboxylic acids is 1. The second-order valence-electron chi connectivity index (χ2n) is 3.82. The second-order valence-corrected chi connectivity index (χ2v) is 3.82. The number of hydrogen-bond donors (Lipinski definition) is 2. The molecule has 1 aromatic carbocycles. The van der Waals surface area contributed by atoms with Crippen LogP contribution in [0.4, 0.5) is 0 Å². The summed E-state index contributed by atoms with van der Waals surface area (Å²) in [4.78, 5) is 21.9. The van der Waals surface area contributed by atoms with Gasteiger partial charge in [0.15, 0.2) is 6.04 Å². The minimum Gasteiger partial charge on any atom is -0.480 e. The minimum atomic E-state index is -0.947. The quantitative estimate of drug-likeness (QED) is 0.629. The van der Waals surface area contributed by atoms with Crippen LogP contribution in [0.2, 0.25) is 0 Å². The van der Waals surface area contributed by atoms with Crippen molar-refractivity contribution in [1.29, 1.82) is 0 Å². The summed E-state index contributed by atoms with van der Waals surface area (Å²) in [6, 6.07) is 8.61. The second kappa shape index (κ2) is 7.89. The van der Waals surface area contributed by atoms with E-state index in [4.69, 9.17) is 5.11 Å². The van der Waals surface area contributed by atoms with Crippen molar-refractivity contribution < 1.29 is 9.90 Å². The molecule has 5 nitrogen and oxygen atoms in total. The molecule has 0 aliphatic rings. The van der Waals surface area contributed by atoms with Crippen LogP contribution < -0.4 is 0 Å². The van der Waals surface area contributed by atoms with E-state index in [9.17, 15) is 4.79 Å². The Balaban J connectivity index is 0.00000180. The SMILES string of the molecule is O=C(O)C(Cc1cnc[nH]1)N=Cc1ccccc1.[Na]. The monoisotopic (exact) mass is 266 g/mol. The van der Waals surface area contributed by atoms with E-state index in [1.54, 1.807) is 12.4 Å².